The number of hydrogen-bond acceptors (Lipinski definition) is 2. The van der Waals surface area contributed by atoms with E-state index in [-0.39, 0.29) is 6.61 Å². The zero-order chi connectivity index (χ0) is 15.3. The average molecular weight is 290 g/mol. The van der Waals surface area contributed by atoms with Gasteiger partial charge in [0.2, 0.25) is 0 Å². The van der Waals surface area contributed by atoms with Crippen molar-refractivity contribution in [1.29, 1.82) is 0 Å². The first-order valence-corrected chi connectivity index (χ1v) is 8.34. The van der Waals surface area contributed by atoms with E-state index in [4.69, 9.17) is 9.84 Å². The van der Waals surface area contributed by atoms with Crippen LogP contribution in [0.2, 0.25) is 0 Å². The molecule has 0 atom stereocenters. The van der Waals surface area contributed by atoms with Gasteiger partial charge in [0, 0.05) is 13.0 Å². The molecule has 2 rings (SSSR count). The van der Waals surface area contributed by atoms with Gasteiger partial charge in [-0.3, -0.25) is 0 Å². The molecular weight excluding hydrogens is 260 g/mol. The molecule has 0 spiro atoms. The Kier molecular flexibility index (Phi) is 5.69. The second kappa shape index (κ2) is 7.31. The molecule has 1 N–H and O–H groups in total. The molecule has 0 aliphatic heterocycles. The molecule has 1 aromatic carbocycles. The molecule has 0 saturated heterocycles. The maximum Gasteiger partial charge on any atom is 0.119 e. The second-order valence-corrected chi connectivity index (χ2v) is 7.41. The number of ether oxygens (including phenoxy) is 1. The zero-order valence-electron chi connectivity index (χ0n) is 13.8. The maximum absolute atomic E-state index is 8.76. The molecule has 2 heteroatoms. The first-order chi connectivity index (χ1) is 10.0. The fourth-order valence-corrected chi connectivity index (χ4v) is 3.38. The Bertz CT molecular complexity index is 408. The molecule has 1 aliphatic carbocycles. The van der Waals surface area contributed by atoms with Crippen molar-refractivity contribution in [1.82, 2.24) is 0 Å². The first-order valence-electron chi connectivity index (χ1n) is 8.34. The maximum atomic E-state index is 8.76. The van der Waals surface area contributed by atoms with Crippen molar-refractivity contribution in [2.45, 2.75) is 58.8 Å². The van der Waals surface area contributed by atoms with Crippen molar-refractivity contribution in [3.05, 3.63) is 29.8 Å². The summed E-state index contributed by atoms with van der Waals surface area (Å²) in [6.07, 6.45) is 6.02. The molecule has 0 bridgehead atoms. The highest BCUT2D eigenvalue weighted by Crippen LogP contribution is 2.43. The minimum Gasteiger partial charge on any atom is -0.494 e. The minimum atomic E-state index is 0.190. The molecule has 0 unspecified atom stereocenters. The average Bonchev–Trinajstić information content (AvgIpc) is 2.48. The molecule has 1 aromatic rings. The largest absolute Gasteiger partial charge is 0.494 e. The number of aliphatic hydroxyl groups excluding tert-OH is 1. The standard InChI is InChI=1S/C19H30O2/c1-19(2,3)17-9-5-15(6-10-17)16-7-11-18(12-8-16)21-14-4-13-20/h7-8,11-12,15,17,20H,4-6,9-10,13-14H2,1-3H3. The summed E-state index contributed by atoms with van der Waals surface area (Å²) in [5.41, 5.74) is 1.91. The van der Waals surface area contributed by atoms with Crippen molar-refractivity contribution >= 4 is 0 Å². The molecule has 0 heterocycles. The molecule has 1 fully saturated rings. The molecule has 21 heavy (non-hydrogen) atoms. The summed E-state index contributed by atoms with van der Waals surface area (Å²) in [4.78, 5) is 0. The van der Waals surface area contributed by atoms with Crippen LogP contribution in [0.4, 0.5) is 0 Å². The first kappa shape index (κ1) is 16.4. The summed E-state index contributed by atoms with van der Waals surface area (Å²) in [7, 11) is 0. The van der Waals surface area contributed by atoms with Gasteiger partial charge in [-0.15, -0.1) is 0 Å². The lowest BCUT2D eigenvalue weighted by molar-refractivity contribution is 0.169. The van der Waals surface area contributed by atoms with Crippen molar-refractivity contribution in [2.24, 2.45) is 11.3 Å². The molecule has 0 radical (unpaired) electrons. The summed E-state index contributed by atoms with van der Waals surface area (Å²) in [6, 6.07) is 8.58. The predicted molar refractivity (Wildman–Crippen MR) is 87.8 cm³/mol. The third-order valence-electron chi connectivity index (χ3n) is 4.87. The van der Waals surface area contributed by atoms with E-state index in [1.807, 2.05) is 0 Å². The molecule has 1 aliphatic rings. The quantitative estimate of drug-likeness (QED) is 0.792. The van der Waals surface area contributed by atoms with E-state index in [9.17, 15) is 0 Å². The summed E-state index contributed by atoms with van der Waals surface area (Å²) in [5.74, 6) is 2.50. The van der Waals surface area contributed by atoms with Crippen LogP contribution in [0.1, 0.15) is 64.4 Å². The molecule has 1 saturated carbocycles. The number of benzene rings is 1. The van der Waals surface area contributed by atoms with Crippen molar-refractivity contribution in [3.8, 4) is 5.75 Å². The van der Waals surface area contributed by atoms with Gasteiger partial charge in [0.05, 0.1) is 6.61 Å². The minimum absolute atomic E-state index is 0.190. The van der Waals surface area contributed by atoms with Crippen molar-refractivity contribution < 1.29 is 9.84 Å². The van der Waals surface area contributed by atoms with Crippen molar-refractivity contribution in [3.63, 3.8) is 0 Å². The Hall–Kier alpha value is -1.02. The van der Waals surface area contributed by atoms with E-state index < -0.39 is 0 Å². The highest BCUT2D eigenvalue weighted by atomic mass is 16.5. The Morgan fingerprint density at radius 1 is 1.05 bits per heavy atom. The number of rotatable bonds is 5. The van der Waals surface area contributed by atoms with Crippen LogP contribution in [0.25, 0.3) is 0 Å². The summed E-state index contributed by atoms with van der Waals surface area (Å²) in [5, 5.41) is 8.76. The highest BCUT2D eigenvalue weighted by Gasteiger charge is 2.30. The summed E-state index contributed by atoms with van der Waals surface area (Å²) >= 11 is 0. The van der Waals surface area contributed by atoms with Gasteiger partial charge in [-0.2, -0.15) is 0 Å². The highest BCUT2D eigenvalue weighted by molar-refractivity contribution is 5.29. The predicted octanol–water partition coefficient (Wildman–Crippen LogP) is 4.77. The van der Waals surface area contributed by atoms with Gasteiger partial charge in [0.15, 0.2) is 0 Å². The lowest BCUT2D eigenvalue weighted by Gasteiger charge is -2.37. The van der Waals surface area contributed by atoms with Crippen LogP contribution in [-0.2, 0) is 0 Å². The van der Waals surface area contributed by atoms with E-state index in [2.05, 4.69) is 45.0 Å². The van der Waals surface area contributed by atoms with Gasteiger partial charge in [0.1, 0.15) is 5.75 Å². The topological polar surface area (TPSA) is 29.5 Å². The van der Waals surface area contributed by atoms with Gasteiger partial charge in [0.25, 0.3) is 0 Å². The number of aliphatic hydroxyl groups is 1. The van der Waals surface area contributed by atoms with Crippen LogP contribution in [0.3, 0.4) is 0 Å². The van der Waals surface area contributed by atoms with Crippen LogP contribution in [0.15, 0.2) is 24.3 Å². The monoisotopic (exact) mass is 290 g/mol. The van der Waals surface area contributed by atoms with E-state index in [0.717, 1.165) is 17.6 Å². The third-order valence-corrected chi connectivity index (χ3v) is 4.87. The Labute approximate surface area is 129 Å². The van der Waals surface area contributed by atoms with Crippen LogP contribution < -0.4 is 4.74 Å². The SMILES string of the molecule is CC(C)(C)C1CCC(c2ccc(OCCCO)cc2)CC1. The van der Waals surface area contributed by atoms with Gasteiger partial charge in [-0.25, -0.2) is 0 Å². The molecule has 118 valence electrons. The smallest absolute Gasteiger partial charge is 0.119 e. The molecule has 0 aromatic heterocycles. The van der Waals surface area contributed by atoms with Crippen LogP contribution in [0.5, 0.6) is 5.75 Å². The fourth-order valence-electron chi connectivity index (χ4n) is 3.38. The Balaban J connectivity index is 1.86. The van der Waals surface area contributed by atoms with Gasteiger partial charge in [-0.1, -0.05) is 32.9 Å². The Morgan fingerprint density at radius 3 is 2.19 bits per heavy atom. The molecule has 0 amide bonds. The molecular formula is C19H30O2. The van der Waals surface area contributed by atoms with E-state index in [1.165, 1.54) is 31.2 Å². The summed E-state index contributed by atoms with van der Waals surface area (Å²) < 4.78 is 5.59. The molecule has 2 nitrogen and oxygen atoms in total. The summed E-state index contributed by atoms with van der Waals surface area (Å²) in [6.45, 7) is 7.89. The van der Waals surface area contributed by atoms with Gasteiger partial charge >= 0.3 is 0 Å². The van der Waals surface area contributed by atoms with Crippen LogP contribution in [0, 0.1) is 11.3 Å². The lowest BCUT2D eigenvalue weighted by atomic mass is 9.69. The normalized spacial score (nSPS) is 23.0. The Morgan fingerprint density at radius 2 is 1.67 bits per heavy atom. The second-order valence-electron chi connectivity index (χ2n) is 7.41. The van der Waals surface area contributed by atoms with Crippen molar-refractivity contribution in [2.75, 3.05) is 13.2 Å². The lowest BCUT2D eigenvalue weighted by Crippen LogP contribution is -2.25. The third kappa shape index (κ3) is 4.74. The van der Waals surface area contributed by atoms with Gasteiger partial charge in [-0.05, 0) is 60.6 Å². The van der Waals surface area contributed by atoms with E-state index >= 15 is 0 Å². The van der Waals surface area contributed by atoms with E-state index in [1.54, 1.807) is 0 Å². The van der Waals surface area contributed by atoms with Crippen LogP contribution in [-0.4, -0.2) is 18.3 Å². The zero-order valence-corrected chi connectivity index (χ0v) is 13.8. The van der Waals surface area contributed by atoms with Crippen LogP contribution >= 0.6 is 0 Å². The fraction of sp³-hybridized carbons (Fsp3) is 0.684. The van der Waals surface area contributed by atoms with Gasteiger partial charge < -0.3 is 9.84 Å². The van der Waals surface area contributed by atoms with E-state index in [0.29, 0.717) is 18.4 Å². The number of hydrogen-bond donors (Lipinski definition) is 1.